The van der Waals surface area contributed by atoms with Gasteiger partial charge in [-0.25, -0.2) is 9.18 Å². The van der Waals surface area contributed by atoms with E-state index in [-0.39, 0.29) is 24.1 Å². The Bertz CT molecular complexity index is 1010. The number of alkyl halides is 2. The molecule has 164 valence electrons. The van der Waals surface area contributed by atoms with Crippen LogP contribution in [0.25, 0.3) is 11.3 Å². The maximum Gasteiger partial charge on any atom is 0.387 e. The van der Waals surface area contributed by atoms with Gasteiger partial charge in [-0.3, -0.25) is 5.10 Å². The molecule has 0 radical (unpaired) electrons. The summed E-state index contributed by atoms with van der Waals surface area (Å²) in [6, 6.07) is 14.1. The molecule has 0 saturated heterocycles. The Hall–Kier alpha value is -3.49. The standard InChI is InChI=1S/C22H23F3N4O2/c1-29(22(30)26-14-16-6-2-3-10-20(16)31-21(24)25)11-5-9-18-13-19(28-27-18)15-7-4-8-17(23)12-15/h2-4,6-8,10,12-13,21H,5,9,11,14H2,1H3,(H,26,30)(H,27,28). The zero-order chi connectivity index (χ0) is 22.2. The molecular formula is C22H23F3N4O2. The molecule has 9 heteroatoms. The number of rotatable bonds is 9. The van der Waals surface area contributed by atoms with Gasteiger partial charge in [0.05, 0.1) is 5.69 Å². The molecule has 3 rings (SSSR count). The van der Waals surface area contributed by atoms with Crippen LogP contribution in [0.3, 0.4) is 0 Å². The van der Waals surface area contributed by atoms with Gasteiger partial charge in [0, 0.05) is 37.0 Å². The molecule has 31 heavy (non-hydrogen) atoms. The Kier molecular flexibility index (Phi) is 7.53. The Morgan fingerprint density at radius 1 is 1.19 bits per heavy atom. The Labute approximate surface area is 178 Å². The van der Waals surface area contributed by atoms with Gasteiger partial charge >= 0.3 is 12.6 Å². The number of aromatic amines is 1. The van der Waals surface area contributed by atoms with E-state index < -0.39 is 6.61 Å². The molecule has 0 aliphatic heterocycles. The number of halogens is 3. The summed E-state index contributed by atoms with van der Waals surface area (Å²) in [5.74, 6) is -0.285. The first-order chi connectivity index (χ1) is 14.9. The summed E-state index contributed by atoms with van der Waals surface area (Å²) in [6.07, 6.45) is 1.34. The molecule has 0 saturated carbocycles. The summed E-state index contributed by atoms with van der Waals surface area (Å²) in [7, 11) is 1.65. The van der Waals surface area contributed by atoms with Crippen LogP contribution in [0, 0.1) is 5.82 Å². The molecule has 0 bridgehead atoms. The first-order valence-electron chi connectivity index (χ1n) is 9.74. The Morgan fingerprint density at radius 3 is 2.77 bits per heavy atom. The summed E-state index contributed by atoms with van der Waals surface area (Å²) < 4.78 is 42.8. The number of benzene rings is 2. The van der Waals surface area contributed by atoms with Gasteiger partial charge < -0.3 is 15.0 Å². The lowest BCUT2D eigenvalue weighted by molar-refractivity contribution is -0.0504. The molecule has 0 fully saturated rings. The van der Waals surface area contributed by atoms with Crippen LogP contribution in [0.4, 0.5) is 18.0 Å². The zero-order valence-electron chi connectivity index (χ0n) is 16.9. The van der Waals surface area contributed by atoms with E-state index in [0.29, 0.717) is 36.2 Å². The van der Waals surface area contributed by atoms with Crippen molar-refractivity contribution < 1.29 is 22.7 Å². The van der Waals surface area contributed by atoms with Gasteiger partial charge in [0.2, 0.25) is 0 Å². The van der Waals surface area contributed by atoms with Crippen LogP contribution in [0.15, 0.2) is 54.6 Å². The normalized spacial score (nSPS) is 10.9. The number of carbonyl (C=O) groups is 1. The first-order valence-corrected chi connectivity index (χ1v) is 9.74. The number of para-hydroxylation sites is 1. The number of nitrogens with one attached hydrogen (secondary N) is 2. The zero-order valence-corrected chi connectivity index (χ0v) is 16.9. The number of ether oxygens (including phenoxy) is 1. The maximum absolute atomic E-state index is 13.4. The van der Waals surface area contributed by atoms with Gasteiger partial charge in [-0.05, 0) is 37.1 Å². The van der Waals surface area contributed by atoms with E-state index in [0.717, 1.165) is 5.69 Å². The van der Waals surface area contributed by atoms with E-state index in [1.807, 2.05) is 6.07 Å². The van der Waals surface area contributed by atoms with Crippen LogP contribution in [-0.4, -0.2) is 41.3 Å². The van der Waals surface area contributed by atoms with Crippen LogP contribution >= 0.6 is 0 Å². The fourth-order valence-electron chi connectivity index (χ4n) is 3.06. The first kappa shape index (κ1) is 22.2. The molecule has 2 N–H and O–H groups in total. The number of H-pyrrole nitrogens is 1. The number of aryl methyl sites for hydroxylation is 1. The summed E-state index contributed by atoms with van der Waals surface area (Å²) >= 11 is 0. The number of hydrogen-bond donors (Lipinski definition) is 2. The highest BCUT2D eigenvalue weighted by molar-refractivity contribution is 5.73. The maximum atomic E-state index is 13.4. The molecule has 2 aromatic carbocycles. The van der Waals surface area contributed by atoms with Crippen LogP contribution in [-0.2, 0) is 13.0 Å². The van der Waals surface area contributed by atoms with Gasteiger partial charge in [-0.1, -0.05) is 30.3 Å². The quantitative estimate of drug-likeness (QED) is 0.520. The number of amides is 2. The third-order valence-corrected chi connectivity index (χ3v) is 4.66. The third kappa shape index (κ3) is 6.50. The molecule has 0 aliphatic carbocycles. The molecule has 0 aliphatic rings. The number of urea groups is 1. The van der Waals surface area contributed by atoms with Crippen LogP contribution in [0.1, 0.15) is 17.7 Å². The van der Waals surface area contributed by atoms with Crippen molar-refractivity contribution in [3.05, 3.63) is 71.7 Å². The Balaban J connectivity index is 1.45. The lowest BCUT2D eigenvalue weighted by atomic mass is 10.1. The van der Waals surface area contributed by atoms with Crippen molar-refractivity contribution in [2.24, 2.45) is 0 Å². The molecule has 2 amide bonds. The van der Waals surface area contributed by atoms with Gasteiger partial charge in [0.15, 0.2) is 0 Å². The highest BCUT2D eigenvalue weighted by Crippen LogP contribution is 2.20. The molecule has 1 heterocycles. The topological polar surface area (TPSA) is 70.2 Å². The average molecular weight is 432 g/mol. The second-order valence-corrected chi connectivity index (χ2v) is 6.96. The number of nitrogens with zero attached hydrogens (tertiary/aromatic N) is 2. The largest absolute Gasteiger partial charge is 0.434 e. The van der Waals surface area contributed by atoms with Gasteiger partial charge in [-0.15, -0.1) is 0 Å². The second-order valence-electron chi connectivity index (χ2n) is 6.96. The summed E-state index contributed by atoms with van der Waals surface area (Å²) in [5.41, 5.74) is 2.69. The number of aromatic nitrogens is 2. The second kappa shape index (κ2) is 10.5. The lowest BCUT2D eigenvalue weighted by Gasteiger charge is -2.18. The monoisotopic (exact) mass is 432 g/mol. The molecule has 0 atom stereocenters. The average Bonchev–Trinajstić information content (AvgIpc) is 3.21. The number of hydrogen-bond acceptors (Lipinski definition) is 3. The highest BCUT2D eigenvalue weighted by Gasteiger charge is 2.12. The molecular weight excluding hydrogens is 409 g/mol. The van der Waals surface area contributed by atoms with Crippen molar-refractivity contribution in [1.82, 2.24) is 20.4 Å². The molecule has 0 spiro atoms. The molecule has 3 aromatic rings. The third-order valence-electron chi connectivity index (χ3n) is 4.66. The fourth-order valence-corrected chi connectivity index (χ4v) is 3.06. The molecule has 0 unspecified atom stereocenters. The fraction of sp³-hybridized carbons (Fsp3) is 0.273. The molecule has 6 nitrogen and oxygen atoms in total. The van der Waals surface area contributed by atoms with Crippen LogP contribution < -0.4 is 10.1 Å². The van der Waals surface area contributed by atoms with Gasteiger partial charge in [-0.2, -0.15) is 13.9 Å². The van der Waals surface area contributed by atoms with Crippen LogP contribution in [0.5, 0.6) is 5.75 Å². The lowest BCUT2D eigenvalue weighted by Crippen LogP contribution is -2.37. The minimum Gasteiger partial charge on any atom is -0.434 e. The summed E-state index contributed by atoms with van der Waals surface area (Å²) in [5, 5.41) is 9.83. The van der Waals surface area contributed by atoms with E-state index in [1.165, 1.54) is 23.1 Å². The van der Waals surface area contributed by atoms with E-state index in [4.69, 9.17) is 0 Å². The van der Waals surface area contributed by atoms with Crippen molar-refractivity contribution in [1.29, 1.82) is 0 Å². The van der Waals surface area contributed by atoms with E-state index >= 15 is 0 Å². The minimum absolute atomic E-state index is 0.0359. The van der Waals surface area contributed by atoms with Crippen molar-refractivity contribution in [3.8, 4) is 17.0 Å². The SMILES string of the molecule is CN(CCCc1cc(-c2cccc(F)c2)n[nH]1)C(=O)NCc1ccccc1OC(F)F. The smallest absolute Gasteiger partial charge is 0.387 e. The minimum atomic E-state index is -2.93. The Morgan fingerprint density at radius 2 is 2.00 bits per heavy atom. The highest BCUT2D eigenvalue weighted by atomic mass is 19.3. The predicted molar refractivity (Wildman–Crippen MR) is 110 cm³/mol. The predicted octanol–water partition coefficient (Wildman–Crippen LogP) is 4.59. The van der Waals surface area contributed by atoms with E-state index in [2.05, 4.69) is 20.3 Å². The van der Waals surface area contributed by atoms with Crippen LogP contribution in [0.2, 0.25) is 0 Å². The van der Waals surface area contributed by atoms with Crippen molar-refractivity contribution in [2.45, 2.75) is 26.0 Å². The summed E-state index contributed by atoms with van der Waals surface area (Å²) in [6.45, 7) is -2.37. The van der Waals surface area contributed by atoms with Gasteiger partial charge in [0.25, 0.3) is 0 Å². The van der Waals surface area contributed by atoms with Crippen molar-refractivity contribution >= 4 is 6.03 Å². The number of carbonyl (C=O) groups excluding carboxylic acids is 1. The summed E-state index contributed by atoms with van der Waals surface area (Å²) in [4.78, 5) is 13.8. The van der Waals surface area contributed by atoms with Crippen molar-refractivity contribution in [3.63, 3.8) is 0 Å². The molecule has 1 aromatic heterocycles. The van der Waals surface area contributed by atoms with Gasteiger partial charge in [0.1, 0.15) is 11.6 Å². The van der Waals surface area contributed by atoms with E-state index in [9.17, 15) is 18.0 Å². The van der Waals surface area contributed by atoms with E-state index in [1.54, 1.807) is 37.4 Å². The van der Waals surface area contributed by atoms with Crippen molar-refractivity contribution in [2.75, 3.05) is 13.6 Å².